The molecule has 0 bridgehead atoms. The van der Waals surface area contributed by atoms with Gasteiger partial charge in [0.25, 0.3) is 5.56 Å². The molecule has 33 heavy (non-hydrogen) atoms. The minimum absolute atomic E-state index is 0.150. The van der Waals surface area contributed by atoms with Crippen molar-refractivity contribution >= 4 is 29.1 Å². The minimum Gasteiger partial charge on any atom is -0.397 e. The van der Waals surface area contributed by atoms with E-state index in [2.05, 4.69) is 15.6 Å². The fraction of sp³-hybridized carbons (Fsp3) is 0.217. The summed E-state index contributed by atoms with van der Waals surface area (Å²) in [5.74, 6) is 0.000520. The van der Waals surface area contributed by atoms with Crippen LogP contribution in [0, 0.1) is 0 Å². The van der Waals surface area contributed by atoms with Gasteiger partial charge in [0.15, 0.2) is 0 Å². The Labute approximate surface area is 190 Å². The van der Waals surface area contributed by atoms with Gasteiger partial charge in [0, 0.05) is 43.7 Å². The van der Waals surface area contributed by atoms with Crippen molar-refractivity contribution in [3.63, 3.8) is 0 Å². The first kappa shape index (κ1) is 22.0. The van der Waals surface area contributed by atoms with Crippen molar-refractivity contribution in [1.82, 2.24) is 14.5 Å². The van der Waals surface area contributed by atoms with E-state index in [1.54, 1.807) is 61.8 Å². The molecule has 1 aromatic carbocycles. The molecule has 1 fully saturated rings. The van der Waals surface area contributed by atoms with Crippen molar-refractivity contribution in [2.45, 2.75) is 18.6 Å². The maximum absolute atomic E-state index is 13.0. The summed E-state index contributed by atoms with van der Waals surface area (Å²) < 4.78 is 6.90. The molecule has 170 valence electrons. The van der Waals surface area contributed by atoms with Gasteiger partial charge in [-0.2, -0.15) is 0 Å². The van der Waals surface area contributed by atoms with E-state index in [0.717, 1.165) is 0 Å². The number of carbonyl (C=O) groups excluding carboxylic acids is 2. The number of hydrogen-bond acceptors (Lipinski definition) is 6. The fourth-order valence-electron chi connectivity index (χ4n) is 3.67. The Bertz CT molecular complexity index is 1190. The fourth-order valence-corrected chi connectivity index (χ4v) is 3.67. The second kappa shape index (κ2) is 9.53. The van der Waals surface area contributed by atoms with Gasteiger partial charge < -0.3 is 20.7 Å². The van der Waals surface area contributed by atoms with E-state index in [4.69, 9.17) is 10.5 Å². The lowest BCUT2D eigenvalue weighted by Gasteiger charge is -2.23. The second-order valence-corrected chi connectivity index (χ2v) is 7.61. The highest BCUT2D eigenvalue weighted by molar-refractivity contribution is 5.99. The number of hydrogen-bond donors (Lipinski definition) is 3. The molecule has 4 N–H and O–H groups in total. The van der Waals surface area contributed by atoms with Crippen LogP contribution in [0.3, 0.4) is 0 Å². The van der Waals surface area contributed by atoms with E-state index >= 15 is 0 Å². The predicted octanol–water partition coefficient (Wildman–Crippen LogP) is 2.07. The average Bonchev–Trinajstić information content (AvgIpc) is 3.27. The normalized spacial score (nSPS) is 17.5. The van der Waals surface area contributed by atoms with Gasteiger partial charge >= 0.3 is 6.03 Å². The number of pyridine rings is 2. The molecule has 3 aromatic rings. The van der Waals surface area contributed by atoms with Gasteiger partial charge in [-0.1, -0.05) is 6.07 Å². The third kappa shape index (κ3) is 5.01. The summed E-state index contributed by atoms with van der Waals surface area (Å²) in [6.45, 7) is 0.269. The number of benzene rings is 1. The standard InChI is InChI=1S/C23H24N6O4/c1-33-18-12-19(29(14-18)23(32)27-20-10-5-15(24)13-25-20)22(31)26-16-6-8-17(9-7-16)28-11-3-2-4-21(28)30/h2-11,13,18-19H,12,14,24H2,1H3,(H,26,31)(H,25,27,32)/t18-,19-/m1/s1. The van der Waals surface area contributed by atoms with Gasteiger partial charge in [-0.3, -0.25) is 19.5 Å². The highest BCUT2D eigenvalue weighted by Gasteiger charge is 2.40. The molecule has 2 atom stereocenters. The number of nitrogens with zero attached hydrogens (tertiary/aromatic N) is 3. The highest BCUT2D eigenvalue weighted by atomic mass is 16.5. The third-order valence-electron chi connectivity index (χ3n) is 5.42. The van der Waals surface area contributed by atoms with Gasteiger partial charge in [0.05, 0.1) is 18.0 Å². The number of anilines is 3. The maximum atomic E-state index is 13.0. The molecular weight excluding hydrogens is 424 g/mol. The first-order chi connectivity index (χ1) is 15.9. The van der Waals surface area contributed by atoms with Crippen LogP contribution in [-0.4, -0.2) is 52.2 Å². The van der Waals surface area contributed by atoms with Crippen molar-refractivity contribution in [1.29, 1.82) is 0 Å². The maximum Gasteiger partial charge on any atom is 0.323 e. The lowest BCUT2D eigenvalue weighted by Crippen LogP contribution is -2.45. The largest absolute Gasteiger partial charge is 0.397 e. The van der Waals surface area contributed by atoms with E-state index in [1.165, 1.54) is 21.7 Å². The SMILES string of the molecule is CO[C@@H]1C[C@H](C(=O)Nc2ccc(-n3ccccc3=O)cc2)N(C(=O)Nc2ccc(N)cn2)C1. The summed E-state index contributed by atoms with van der Waals surface area (Å²) in [5, 5.41) is 5.53. The van der Waals surface area contributed by atoms with Crippen LogP contribution in [0.2, 0.25) is 0 Å². The molecule has 4 rings (SSSR count). The van der Waals surface area contributed by atoms with Gasteiger partial charge in [-0.05, 0) is 42.5 Å². The Balaban J connectivity index is 1.46. The molecule has 1 saturated heterocycles. The number of amides is 3. The molecule has 10 heteroatoms. The van der Waals surface area contributed by atoms with Crippen LogP contribution in [0.4, 0.5) is 22.0 Å². The second-order valence-electron chi connectivity index (χ2n) is 7.61. The van der Waals surface area contributed by atoms with Crippen LogP contribution in [0.1, 0.15) is 6.42 Å². The number of aromatic nitrogens is 2. The first-order valence-electron chi connectivity index (χ1n) is 10.4. The number of likely N-dealkylation sites (tertiary alicyclic amines) is 1. The van der Waals surface area contributed by atoms with Gasteiger partial charge in [-0.15, -0.1) is 0 Å². The molecule has 1 aliphatic rings. The zero-order valence-corrected chi connectivity index (χ0v) is 18.0. The predicted molar refractivity (Wildman–Crippen MR) is 124 cm³/mol. The van der Waals surface area contributed by atoms with Crippen LogP contribution in [-0.2, 0) is 9.53 Å². The average molecular weight is 448 g/mol. The van der Waals surface area contributed by atoms with Crippen LogP contribution in [0.25, 0.3) is 5.69 Å². The van der Waals surface area contributed by atoms with Gasteiger partial charge in [0.1, 0.15) is 11.9 Å². The molecular formula is C23H24N6O4. The molecule has 0 radical (unpaired) electrons. The Kier molecular flexibility index (Phi) is 6.36. The van der Waals surface area contributed by atoms with Crippen molar-refractivity contribution in [3.8, 4) is 5.69 Å². The topological polar surface area (TPSA) is 132 Å². The molecule has 3 heterocycles. The zero-order chi connectivity index (χ0) is 23.4. The van der Waals surface area contributed by atoms with E-state index in [9.17, 15) is 14.4 Å². The summed E-state index contributed by atoms with van der Waals surface area (Å²) in [6, 6.07) is 13.8. The molecule has 10 nitrogen and oxygen atoms in total. The first-order valence-corrected chi connectivity index (χ1v) is 10.4. The van der Waals surface area contributed by atoms with Crippen molar-refractivity contribution in [3.05, 3.63) is 77.3 Å². The number of nitrogens with one attached hydrogen (secondary N) is 2. The van der Waals surface area contributed by atoms with Crippen LogP contribution in [0.15, 0.2) is 71.8 Å². The number of urea groups is 1. The summed E-state index contributed by atoms with van der Waals surface area (Å²) >= 11 is 0. The minimum atomic E-state index is -0.722. The molecule has 0 aliphatic carbocycles. The van der Waals surface area contributed by atoms with Crippen molar-refractivity contribution < 1.29 is 14.3 Å². The zero-order valence-electron chi connectivity index (χ0n) is 18.0. The Morgan fingerprint density at radius 3 is 2.55 bits per heavy atom. The summed E-state index contributed by atoms with van der Waals surface area (Å²) in [4.78, 5) is 43.3. The quantitative estimate of drug-likeness (QED) is 0.548. The van der Waals surface area contributed by atoms with E-state index in [-0.39, 0.29) is 24.1 Å². The molecule has 2 aromatic heterocycles. The molecule has 3 amide bonds. The number of rotatable bonds is 5. The molecule has 0 spiro atoms. The summed E-state index contributed by atoms with van der Waals surface area (Å²) in [5.41, 5.74) is 7.19. The third-order valence-corrected chi connectivity index (χ3v) is 5.42. The van der Waals surface area contributed by atoms with E-state index in [0.29, 0.717) is 29.3 Å². The lowest BCUT2D eigenvalue weighted by molar-refractivity contribution is -0.119. The summed E-state index contributed by atoms with van der Waals surface area (Å²) in [6.07, 6.45) is 3.21. The van der Waals surface area contributed by atoms with Crippen LogP contribution >= 0.6 is 0 Å². The number of nitrogens with two attached hydrogens (primary N) is 1. The Morgan fingerprint density at radius 2 is 1.88 bits per heavy atom. The highest BCUT2D eigenvalue weighted by Crippen LogP contribution is 2.23. The molecule has 0 saturated carbocycles. The lowest BCUT2D eigenvalue weighted by atomic mass is 10.1. The number of nitrogen functional groups attached to an aromatic ring is 1. The Hall–Kier alpha value is -4.18. The van der Waals surface area contributed by atoms with Crippen LogP contribution < -0.4 is 21.9 Å². The smallest absolute Gasteiger partial charge is 0.323 e. The monoisotopic (exact) mass is 448 g/mol. The van der Waals surface area contributed by atoms with Crippen molar-refractivity contribution in [2.24, 2.45) is 0 Å². The van der Waals surface area contributed by atoms with Crippen molar-refractivity contribution in [2.75, 3.05) is 30.0 Å². The number of carbonyl (C=O) groups is 2. The molecule has 0 unspecified atom stereocenters. The Morgan fingerprint density at radius 1 is 1.09 bits per heavy atom. The molecule has 1 aliphatic heterocycles. The van der Waals surface area contributed by atoms with E-state index in [1.807, 2.05) is 0 Å². The number of methoxy groups -OCH3 is 1. The van der Waals surface area contributed by atoms with Gasteiger partial charge in [-0.25, -0.2) is 9.78 Å². The summed E-state index contributed by atoms with van der Waals surface area (Å²) in [7, 11) is 1.55. The van der Waals surface area contributed by atoms with Crippen LogP contribution in [0.5, 0.6) is 0 Å². The van der Waals surface area contributed by atoms with E-state index < -0.39 is 12.1 Å². The number of ether oxygens (including phenoxy) is 1. The van der Waals surface area contributed by atoms with Gasteiger partial charge in [0.2, 0.25) is 5.91 Å².